The third kappa shape index (κ3) is 3.25. The van der Waals surface area contributed by atoms with Crippen LogP contribution < -0.4 is 10.0 Å². The van der Waals surface area contributed by atoms with E-state index in [9.17, 15) is 8.42 Å². The van der Waals surface area contributed by atoms with Crippen molar-refractivity contribution in [2.45, 2.75) is 31.8 Å². The summed E-state index contributed by atoms with van der Waals surface area (Å²) in [6.45, 7) is 2.87. The minimum absolute atomic E-state index is 0.0814. The molecule has 5 nitrogen and oxygen atoms in total. The van der Waals surface area contributed by atoms with Gasteiger partial charge in [0.15, 0.2) is 5.75 Å². The van der Waals surface area contributed by atoms with Crippen LogP contribution in [0.25, 0.3) is 0 Å². The minimum atomic E-state index is -3.42. The van der Waals surface area contributed by atoms with Crippen molar-refractivity contribution < 1.29 is 8.42 Å². The highest BCUT2D eigenvalue weighted by molar-refractivity contribution is 7.89. The van der Waals surface area contributed by atoms with Gasteiger partial charge in [0.05, 0.1) is 6.07 Å². The van der Waals surface area contributed by atoms with E-state index >= 15 is 0 Å². The summed E-state index contributed by atoms with van der Waals surface area (Å²) in [6, 6.07) is 1.70. The molecule has 0 radical (unpaired) electrons. The molecule has 1 rings (SSSR count). The first-order chi connectivity index (χ1) is 6.55. The van der Waals surface area contributed by atoms with Crippen molar-refractivity contribution in [3.63, 3.8) is 0 Å². The van der Waals surface area contributed by atoms with Crippen molar-refractivity contribution in [1.29, 1.82) is 5.26 Å². The van der Waals surface area contributed by atoms with Crippen molar-refractivity contribution in [3.05, 3.63) is 0 Å². The maximum Gasteiger partial charge on any atom is 0.225 e. The topological polar surface area (TPSA) is 82.0 Å². The number of nitrogens with zero attached hydrogens (tertiary/aromatic N) is 1. The van der Waals surface area contributed by atoms with Gasteiger partial charge in [-0.3, -0.25) is 0 Å². The Morgan fingerprint density at radius 3 is 2.93 bits per heavy atom. The SMILES string of the molecule is C[C@@H]1NCCC[C@@H]1NS(=O)(=O)CC#N. The van der Waals surface area contributed by atoms with Crippen molar-refractivity contribution in [3.8, 4) is 6.07 Å². The van der Waals surface area contributed by atoms with Crippen molar-refractivity contribution in [2.75, 3.05) is 12.3 Å². The Morgan fingerprint density at radius 1 is 1.64 bits per heavy atom. The van der Waals surface area contributed by atoms with Crippen LogP contribution in [0.4, 0.5) is 0 Å². The molecule has 0 amide bonds. The summed E-state index contributed by atoms with van der Waals surface area (Å²) < 4.78 is 25.1. The second kappa shape index (κ2) is 4.73. The fourth-order valence-corrected chi connectivity index (χ4v) is 2.60. The van der Waals surface area contributed by atoms with Crippen LogP contribution in [0.3, 0.4) is 0 Å². The molecule has 0 saturated carbocycles. The number of nitriles is 1. The summed E-state index contributed by atoms with van der Waals surface area (Å²) in [7, 11) is -3.42. The monoisotopic (exact) mass is 217 g/mol. The number of sulfonamides is 1. The molecule has 0 aromatic heterocycles. The van der Waals surface area contributed by atoms with E-state index in [0.29, 0.717) is 0 Å². The summed E-state index contributed by atoms with van der Waals surface area (Å²) in [5.41, 5.74) is 0. The van der Waals surface area contributed by atoms with Gasteiger partial charge in [0.25, 0.3) is 0 Å². The normalized spacial score (nSPS) is 28.3. The molecule has 0 aromatic carbocycles. The predicted molar refractivity (Wildman–Crippen MR) is 53.0 cm³/mol. The zero-order valence-corrected chi connectivity index (χ0v) is 8.97. The maximum atomic E-state index is 11.3. The number of rotatable bonds is 3. The highest BCUT2D eigenvalue weighted by Crippen LogP contribution is 2.09. The molecule has 80 valence electrons. The lowest BCUT2D eigenvalue weighted by Gasteiger charge is -2.30. The molecule has 0 aliphatic carbocycles. The smallest absolute Gasteiger partial charge is 0.225 e. The van der Waals surface area contributed by atoms with Crippen molar-refractivity contribution in [2.24, 2.45) is 0 Å². The summed E-state index contributed by atoms with van der Waals surface area (Å²) in [5.74, 6) is -0.462. The van der Waals surface area contributed by atoms with E-state index in [0.717, 1.165) is 19.4 Å². The van der Waals surface area contributed by atoms with Gasteiger partial charge in [-0.05, 0) is 26.3 Å². The lowest BCUT2D eigenvalue weighted by atomic mass is 10.0. The van der Waals surface area contributed by atoms with Crippen LogP contribution in [0.2, 0.25) is 0 Å². The number of nitrogens with one attached hydrogen (secondary N) is 2. The minimum Gasteiger partial charge on any atom is -0.313 e. The summed E-state index contributed by atoms with van der Waals surface area (Å²) >= 11 is 0. The van der Waals surface area contributed by atoms with E-state index in [-0.39, 0.29) is 12.1 Å². The van der Waals surface area contributed by atoms with Gasteiger partial charge >= 0.3 is 0 Å². The molecule has 6 heteroatoms. The van der Waals surface area contributed by atoms with Gasteiger partial charge < -0.3 is 5.32 Å². The Balaban J connectivity index is 2.55. The van der Waals surface area contributed by atoms with Gasteiger partial charge in [-0.2, -0.15) is 5.26 Å². The Hall–Kier alpha value is -0.640. The Kier molecular flexibility index (Phi) is 3.86. The fraction of sp³-hybridized carbons (Fsp3) is 0.875. The Labute approximate surface area is 84.5 Å². The van der Waals surface area contributed by atoms with Crippen LogP contribution in [0.5, 0.6) is 0 Å². The van der Waals surface area contributed by atoms with Crippen molar-refractivity contribution in [1.82, 2.24) is 10.0 Å². The molecule has 14 heavy (non-hydrogen) atoms. The van der Waals surface area contributed by atoms with E-state index in [4.69, 9.17) is 5.26 Å². The largest absolute Gasteiger partial charge is 0.313 e. The van der Waals surface area contributed by atoms with Gasteiger partial charge in [-0.25, -0.2) is 13.1 Å². The van der Waals surface area contributed by atoms with Crippen LogP contribution in [-0.2, 0) is 10.0 Å². The molecular weight excluding hydrogens is 202 g/mol. The fourth-order valence-electron chi connectivity index (χ4n) is 1.56. The molecule has 1 saturated heterocycles. The highest BCUT2D eigenvalue weighted by Gasteiger charge is 2.24. The lowest BCUT2D eigenvalue weighted by Crippen LogP contribution is -2.52. The molecule has 0 aromatic rings. The molecule has 1 fully saturated rings. The first-order valence-electron chi connectivity index (χ1n) is 4.65. The van der Waals surface area contributed by atoms with Crippen molar-refractivity contribution >= 4 is 10.0 Å². The van der Waals surface area contributed by atoms with Crippen LogP contribution in [0.15, 0.2) is 0 Å². The molecule has 1 aliphatic heterocycles. The standard InChI is InChI=1S/C8H15N3O2S/c1-7-8(3-2-5-10-7)11-14(12,13)6-4-9/h7-8,10-11H,2-3,5-6H2,1H3/t7-,8-/m0/s1. The van der Waals surface area contributed by atoms with Gasteiger partial charge in [0.2, 0.25) is 10.0 Å². The molecule has 0 bridgehead atoms. The van der Waals surface area contributed by atoms with Gasteiger partial charge in [-0.1, -0.05) is 0 Å². The van der Waals surface area contributed by atoms with E-state index in [1.165, 1.54) is 0 Å². The van der Waals surface area contributed by atoms with Gasteiger partial charge in [0, 0.05) is 12.1 Å². The lowest BCUT2D eigenvalue weighted by molar-refractivity contribution is 0.349. The van der Waals surface area contributed by atoms with E-state index in [2.05, 4.69) is 10.0 Å². The molecule has 1 heterocycles. The molecule has 1 aliphatic rings. The van der Waals surface area contributed by atoms with Crippen LogP contribution in [0.1, 0.15) is 19.8 Å². The zero-order chi connectivity index (χ0) is 10.6. The summed E-state index contributed by atoms with van der Waals surface area (Å²) in [6.07, 6.45) is 1.79. The Bertz CT molecular complexity index is 320. The van der Waals surface area contributed by atoms with Crippen LogP contribution >= 0.6 is 0 Å². The molecule has 0 unspecified atom stereocenters. The van der Waals surface area contributed by atoms with Gasteiger partial charge in [0.1, 0.15) is 0 Å². The summed E-state index contributed by atoms with van der Waals surface area (Å²) in [4.78, 5) is 0. The molecule has 2 N–H and O–H groups in total. The average molecular weight is 217 g/mol. The quantitative estimate of drug-likeness (QED) is 0.672. The third-order valence-electron chi connectivity index (χ3n) is 2.35. The number of hydrogen-bond donors (Lipinski definition) is 2. The predicted octanol–water partition coefficient (Wildman–Crippen LogP) is -0.430. The highest BCUT2D eigenvalue weighted by atomic mass is 32.2. The molecular formula is C8H15N3O2S. The zero-order valence-electron chi connectivity index (χ0n) is 8.16. The molecule has 0 spiro atoms. The van der Waals surface area contributed by atoms with Crippen LogP contribution in [-0.4, -0.2) is 32.8 Å². The third-order valence-corrected chi connectivity index (χ3v) is 3.52. The average Bonchev–Trinajstić information content (AvgIpc) is 2.08. The van der Waals surface area contributed by atoms with E-state index in [1.54, 1.807) is 6.07 Å². The number of piperidine rings is 1. The second-order valence-electron chi connectivity index (χ2n) is 3.53. The first kappa shape index (κ1) is 11.4. The van der Waals surface area contributed by atoms with Gasteiger partial charge in [-0.15, -0.1) is 0 Å². The Morgan fingerprint density at radius 2 is 2.36 bits per heavy atom. The summed E-state index contributed by atoms with van der Waals surface area (Å²) in [5, 5.41) is 11.5. The molecule has 2 atom stereocenters. The van der Waals surface area contributed by atoms with E-state index < -0.39 is 15.8 Å². The van der Waals surface area contributed by atoms with Crippen LogP contribution in [0, 0.1) is 11.3 Å². The maximum absolute atomic E-state index is 11.3. The van der Waals surface area contributed by atoms with E-state index in [1.807, 2.05) is 6.92 Å². The second-order valence-corrected chi connectivity index (χ2v) is 5.28. The first-order valence-corrected chi connectivity index (χ1v) is 6.31. The number of hydrogen-bond acceptors (Lipinski definition) is 4.